The Morgan fingerprint density at radius 3 is 2.47 bits per heavy atom. The molecule has 158 valence electrons. The zero-order chi connectivity index (χ0) is 21.1. The highest BCUT2D eigenvalue weighted by molar-refractivity contribution is 6.05. The first-order valence-electron chi connectivity index (χ1n) is 10.1. The van der Waals surface area contributed by atoms with Crippen molar-refractivity contribution in [1.82, 2.24) is 19.8 Å². The van der Waals surface area contributed by atoms with Crippen LogP contribution >= 0.6 is 0 Å². The molecule has 1 saturated heterocycles. The Bertz CT molecular complexity index is 1010. The van der Waals surface area contributed by atoms with E-state index < -0.39 is 12.2 Å². The number of benzene rings is 2. The smallest absolute Gasteiger partial charge is 0.295 e. The highest BCUT2D eigenvalue weighted by Crippen LogP contribution is 2.21. The molecule has 0 unspecified atom stereocenters. The summed E-state index contributed by atoms with van der Waals surface area (Å²) in [5.41, 5.74) is 3.10. The zero-order valence-corrected chi connectivity index (χ0v) is 16.9. The molecule has 30 heavy (non-hydrogen) atoms. The van der Waals surface area contributed by atoms with Crippen molar-refractivity contribution in [3.05, 3.63) is 59.4 Å². The van der Waals surface area contributed by atoms with Gasteiger partial charge >= 0.3 is 0 Å². The molecule has 2 heterocycles. The number of carbonyl (C=O) groups excluding carboxylic acids is 1. The number of piperazine rings is 1. The first-order chi connectivity index (χ1) is 14.5. The Kier molecular flexibility index (Phi) is 6.06. The SMILES string of the molecule is CCN1CCN(Cc2ccc(NC(=O)c3ccc4nc(C(F)F)[nH]c4c3)cc2)CC1. The van der Waals surface area contributed by atoms with Crippen LogP contribution in [0.5, 0.6) is 0 Å². The summed E-state index contributed by atoms with van der Waals surface area (Å²) in [4.78, 5) is 23.8. The summed E-state index contributed by atoms with van der Waals surface area (Å²) in [6.45, 7) is 8.52. The maximum absolute atomic E-state index is 12.8. The Hall–Kier alpha value is -2.84. The number of carbonyl (C=O) groups is 1. The van der Waals surface area contributed by atoms with Gasteiger partial charge in [-0.3, -0.25) is 9.69 Å². The Morgan fingerprint density at radius 2 is 1.80 bits per heavy atom. The molecular formula is C22H25F2N5O. The van der Waals surface area contributed by atoms with Crippen molar-refractivity contribution in [2.24, 2.45) is 0 Å². The molecule has 0 radical (unpaired) electrons. The van der Waals surface area contributed by atoms with Gasteiger partial charge in [0.05, 0.1) is 11.0 Å². The van der Waals surface area contributed by atoms with E-state index in [9.17, 15) is 13.6 Å². The molecular weight excluding hydrogens is 388 g/mol. The maximum atomic E-state index is 12.8. The Labute approximate surface area is 173 Å². The van der Waals surface area contributed by atoms with E-state index in [0.717, 1.165) is 39.3 Å². The number of nitrogens with zero attached hydrogens (tertiary/aromatic N) is 3. The average Bonchev–Trinajstić information content (AvgIpc) is 3.19. The number of alkyl halides is 2. The first kappa shape index (κ1) is 20.4. The third-order valence-corrected chi connectivity index (χ3v) is 5.50. The molecule has 0 saturated carbocycles. The van der Waals surface area contributed by atoms with E-state index in [1.54, 1.807) is 12.1 Å². The standard InChI is InChI=1S/C22H25F2N5O/c1-2-28-9-11-29(12-10-28)14-15-3-6-17(7-4-15)25-22(30)16-5-8-18-19(13-16)27-21(26-18)20(23)24/h3-8,13,20H,2,9-12,14H2,1H3,(H,25,30)(H,26,27). The number of amides is 1. The summed E-state index contributed by atoms with van der Waals surface area (Å²) in [7, 11) is 0. The third kappa shape index (κ3) is 4.66. The second kappa shape index (κ2) is 8.89. The molecule has 0 spiro atoms. The zero-order valence-electron chi connectivity index (χ0n) is 16.9. The third-order valence-electron chi connectivity index (χ3n) is 5.50. The van der Waals surface area contributed by atoms with Gasteiger partial charge in [-0.2, -0.15) is 0 Å². The summed E-state index contributed by atoms with van der Waals surface area (Å²) >= 11 is 0. The number of imidazole rings is 1. The van der Waals surface area contributed by atoms with Crippen molar-refractivity contribution < 1.29 is 13.6 Å². The van der Waals surface area contributed by atoms with Gasteiger partial charge in [0, 0.05) is 44.0 Å². The number of anilines is 1. The van der Waals surface area contributed by atoms with Crippen molar-refractivity contribution in [3.8, 4) is 0 Å². The predicted octanol–water partition coefficient (Wildman–Crippen LogP) is 3.89. The van der Waals surface area contributed by atoms with E-state index in [-0.39, 0.29) is 5.91 Å². The van der Waals surface area contributed by atoms with Crippen LogP contribution in [0.25, 0.3) is 11.0 Å². The van der Waals surface area contributed by atoms with Crippen LogP contribution in [0.1, 0.15) is 35.1 Å². The summed E-state index contributed by atoms with van der Waals surface area (Å²) in [6.07, 6.45) is -2.68. The normalized spacial score (nSPS) is 15.7. The number of aromatic nitrogens is 2. The monoisotopic (exact) mass is 413 g/mol. The van der Waals surface area contributed by atoms with E-state index in [1.165, 1.54) is 11.6 Å². The number of nitrogens with one attached hydrogen (secondary N) is 2. The number of rotatable bonds is 6. The van der Waals surface area contributed by atoms with Gasteiger partial charge in [0.1, 0.15) is 0 Å². The van der Waals surface area contributed by atoms with Crippen LogP contribution in [0.2, 0.25) is 0 Å². The van der Waals surface area contributed by atoms with Crippen LogP contribution in [0.4, 0.5) is 14.5 Å². The molecule has 1 aliphatic rings. The lowest BCUT2D eigenvalue weighted by atomic mass is 10.1. The largest absolute Gasteiger partial charge is 0.337 e. The van der Waals surface area contributed by atoms with Gasteiger partial charge in [-0.15, -0.1) is 0 Å². The molecule has 1 aliphatic heterocycles. The van der Waals surface area contributed by atoms with Crippen LogP contribution in [0.3, 0.4) is 0 Å². The number of hydrogen-bond acceptors (Lipinski definition) is 4. The van der Waals surface area contributed by atoms with Crippen LogP contribution < -0.4 is 5.32 Å². The lowest BCUT2D eigenvalue weighted by Crippen LogP contribution is -2.45. The quantitative estimate of drug-likeness (QED) is 0.644. The number of likely N-dealkylation sites (N-methyl/N-ethyl adjacent to an activating group) is 1. The molecule has 0 bridgehead atoms. The fraction of sp³-hybridized carbons (Fsp3) is 0.364. The van der Waals surface area contributed by atoms with Gasteiger partial charge in [0.15, 0.2) is 5.82 Å². The molecule has 2 aromatic carbocycles. The molecule has 0 atom stereocenters. The second-order valence-corrected chi connectivity index (χ2v) is 7.52. The van der Waals surface area contributed by atoms with Gasteiger partial charge in [-0.1, -0.05) is 19.1 Å². The fourth-order valence-corrected chi connectivity index (χ4v) is 3.69. The van der Waals surface area contributed by atoms with Gasteiger partial charge in [0.25, 0.3) is 12.3 Å². The topological polar surface area (TPSA) is 64.3 Å². The molecule has 4 rings (SSSR count). The average molecular weight is 413 g/mol. The van der Waals surface area contributed by atoms with Crippen molar-refractivity contribution in [2.75, 3.05) is 38.0 Å². The molecule has 1 amide bonds. The Balaban J connectivity index is 1.37. The number of halogens is 2. The van der Waals surface area contributed by atoms with Crippen molar-refractivity contribution in [1.29, 1.82) is 0 Å². The molecule has 3 aromatic rings. The summed E-state index contributed by atoms with van der Waals surface area (Å²) in [5, 5.41) is 2.86. The summed E-state index contributed by atoms with van der Waals surface area (Å²) in [5.74, 6) is -0.692. The van der Waals surface area contributed by atoms with Crippen molar-refractivity contribution in [2.45, 2.75) is 19.9 Å². The van der Waals surface area contributed by atoms with Gasteiger partial charge in [-0.25, -0.2) is 13.8 Å². The highest BCUT2D eigenvalue weighted by Gasteiger charge is 2.16. The van der Waals surface area contributed by atoms with E-state index in [0.29, 0.717) is 22.3 Å². The van der Waals surface area contributed by atoms with Crippen LogP contribution in [-0.4, -0.2) is 58.4 Å². The van der Waals surface area contributed by atoms with Crippen molar-refractivity contribution >= 4 is 22.6 Å². The molecule has 6 nitrogen and oxygen atoms in total. The lowest BCUT2D eigenvalue weighted by Gasteiger charge is -2.34. The number of aromatic amines is 1. The molecule has 8 heteroatoms. The Morgan fingerprint density at radius 1 is 1.10 bits per heavy atom. The van der Waals surface area contributed by atoms with Gasteiger partial charge < -0.3 is 15.2 Å². The second-order valence-electron chi connectivity index (χ2n) is 7.52. The molecule has 1 aromatic heterocycles. The molecule has 0 aliphatic carbocycles. The van der Waals surface area contributed by atoms with Crippen LogP contribution in [0.15, 0.2) is 42.5 Å². The summed E-state index contributed by atoms with van der Waals surface area (Å²) < 4.78 is 25.6. The molecule has 2 N–H and O–H groups in total. The minimum absolute atomic E-state index is 0.298. The minimum atomic E-state index is -2.68. The molecule has 1 fully saturated rings. The minimum Gasteiger partial charge on any atom is -0.337 e. The van der Waals surface area contributed by atoms with E-state index in [2.05, 4.69) is 32.0 Å². The van der Waals surface area contributed by atoms with Crippen LogP contribution in [0, 0.1) is 0 Å². The van der Waals surface area contributed by atoms with Gasteiger partial charge in [-0.05, 0) is 42.4 Å². The number of H-pyrrole nitrogens is 1. The maximum Gasteiger partial charge on any atom is 0.295 e. The number of hydrogen-bond donors (Lipinski definition) is 2. The van der Waals surface area contributed by atoms with Gasteiger partial charge in [0.2, 0.25) is 0 Å². The van der Waals surface area contributed by atoms with E-state index in [4.69, 9.17) is 0 Å². The highest BCUT2D eigenvalue weighted by atomic mass is 19.3. The fourth-order valence-electron chi connectivity index (χ4n) is 3.69. The van der Waals surface area contributed by atoms with Crippen LogP contribution in [-0.2, 0) is 6.54 Å². The predicted molar refractivity (Wildman–Crippen MR) is 113 cm³/mol. The van der Waals surface area contributed by atoms with Crippen molar-refractivity contribution in [3.63, 3.8) is 0 Å². The summed E-state index contributed by atoms with van der Waals surface area (Å²) in [6, 6.07) is 12.5. The van der Waals surface area contributed by atoms with E-state index >= 15 is 0 Å². The number of fused-ring (bicyclic) bond motifs is 1. The lowest BCUT2D eigenvalue weighted by molar-refractivity contribution is 0.102. The van der Waals surface area contributed by atoms with E-state index in [1.807, 2.05) is 24.3 Å². The first-order valence-corrected chi connectivity index (χ1v) is 10.1.